The molecule has 0 saturated heterocycles. The van der Waals surface area contributed by atoms with Gasteiger partial charge in [0.2, 0.25) is 5.91 Å². The van der Waals surface area contributed by atoms with E-state index in [2.05, 4.69) is 24.4 Å². The zero-order chi connectivity index (χ0) is 27.8. The van der Waals surface area contributed by atoms with Gasteiger partial charge in [-0.1, -0.05) is 70.4 Å². The first-order chi connectivity index (χ1) is 16.9. The first-order valence-electron chi connectivity index (χ1n) is 12.9. The zero-order valence-electron chi connectivity index (χ0n) is 21.9. The summed E-state index contributed by atoms with van der Waals surface area (Å²) in [5.74, 6) is -3.44. The van der Waals surface area contributed by atoms with Crippen molar-refractivity contribution in [1.29, 1.82) is 0 Å². The van der Waals surface area contributed by atoms with E-state index in [1.807, 2.05) is 0 Å². The second-order valence-corrected chi connectivity index (χ2v) is 10.5. The molecule has 0 aromatic rings. The largest absolute Gasteiger partial charge is 0.481 e. The van der Waals surface area contributed by atoms with Gasteiger partial charge in [-0.3, -0.25) is 18.9 Å². The van der Waals surface area contributed by atoms with Crippen LogP contribution >= 0.6 is 0 Å². The molecule has 0 aliphatic rings. The zero-order valence-corrected chi connectivity index (χ0v) is 22.7. The summed E-state index contributed by atoms with van der Waals surface area (Å²) in [6.07, 6.45) is 20.2. The molecule has 11 heteroatoms. The third kappa shape index (κ3) is 26.6. The number of hydrogen-bond acceptors (Lipinski definition) is 6. The molecule has 0 aromatic heterocycles. The summed E-state index contributed by atoms with van der Waals surface area (Å²) < 4.78 is 28.7. The SMILES string of the molecule is CCCCCCCC/C=C\CCCCCCCC(=O)NCC(C)O.O=C(O)CC(C(=O)O)S(=O)(=O)O. The summed E-state index contributed by atoms with van der Waals surface area (Å²) in [6, 6.07) is 0. The molecule has 0 saturated carbocycles. The summed E-state index contributed by atoms with van der Waals surface area (Å²) in [7, 11) is -4.84. The van der Waals surface area contributed by atoms with E-state index in [-0.39, 0.29) is 5.91 Å². The normalized spacial score (nSPS) is 13.0. The molecule has 0 bridgehead atoms. The Morgan fingerprint density at radius 3 is 1.69 bits per heavy atom. The van der Waals surface area contributed by atoms with Gasteiger partial charge in [0.1, 0.15) is 0 Å². The van der Waals surface area contributed by atoms with Crippen molar-refractivity contribution in [2.75, 3.05) is 6.54 Å². The second kappa shape index (κ2) is 23.4. The van der Waals surface area contributed by atoms with Gasteiger partial charge >= 0.3 is 11.9 Å². The lowest BCUT2D eigenvalue weighted by Gasteiger charge is -2.06. The van der Waals surface area contributed by atoms with Gasteiger partial charge in [0, 0.05) is 13.0 Å². The number of carboxylic acid groups (broad SMARTS) is 2. The monoisotopic (exact) mass is 537 g/mol. The summed E-state index contributed by atoms with van der Waals surface area (Å²) in [6.45, 7) is 4.31. The van der Waals surface area contributed by atoms with Crippen LogP contribution in [-0.4, -0.2) is 64.0 Å². The smallest absolute Gasteiger partial charge is 0.325 e. The quantitative estimate of drug-likeness (QED) is 0.0809. The number of carbonyl (C=O) groups excluding carboxylic acids is 1. The van der Waals surface area contributed by atoms with Gasteiger partial charge in [0.05, 0.1) is 12.5 Å². The van der Waals surface area contributed by atoms with Crippen molar-refractivity contribution >= 4 is 28.0 Å². The molecular formula is C25H47NO9S. The Balaban J connectivity index is 0. The Bertz CT molecular complexity index is 721. The molecule has 0 heterocycles. The summed E-state index contributed by atoms with van der Waals surface area (Å²) in [5, 5.41) is 25.7. The van der Waals surface area contributed by atoms with Crippen LogP contribution in [0.15, 0.2) is 12.2 Å². The van der Waals surface area contributed by atoms with Crippen molar-refractivity contribution in [2.45, 2.75) is 122 Å². The van der Waals surface area contributed by atoms with Crippen LogP contribution in [0, 0.1) is 0 Å². The van der Waals surface area contributed by atoms with Crippen LogP contribution in [0.2, 0.25) is 0 Å². The highest BCUT2D eigenvalue weighted by Gasteiger charge is 2.33. The van der Waals surface area contributed by atoms with Crippen LogP contribution in [0.25, 0.3) is 0 Å². The highest BCUT2D eigenvalue weighted by atomic mass is 32.2. The molecule has 0 fully saturated rings. The second-order valence-electron chi connectivity index (χ2n) is 8.93. The van der Waals surface area contributed by atoms with Gasteiger partial charge in [-0.25, -0.2) is 0 Å². The molecule has 5 N–H and O–H groups in total. The fraction of sp³-hybridized carbons (Fsp3) is 0.800. The Morgan fingerprint density at radius 2 is 1.31 bits per heavy atom. The van der Waals surface area contributed by atoms with Gasteiger partial charge < -0.3 is 20.6 Å². The molecule has 36 heavy (non-hydrogen) atoms. The van der Waals surface area contributed by atoms with E-state index in [0.717, 1.165) is 12.8 Å². The van der Waals surface area contributed by atoms with Crippen molar-refractivity contribution in [3.05, 3.63) is 12.2 Å². The number of allylic oxidation sites excluding steroid dienone is 2. The molecule has 0 aliphatic carbocycles. The summed E-state index contributed by atoms with van der Waals surface area (Å²) >= 11 is 0. The molecule has 0 radical (unpaired) electrons. The average Bonchev–Trinajstić information content (AvgIpc) is 2.78. The molecule has 10 nitrogen and oxygen atoms in total. The van der Waals surface area contributed by atoms with Crippen LogP contribution in [0.4, 0.5) is 0 Å². The predicted molar refractivity (Wildman–Crippen MR) is 139 cm³/mol. The fourth-order valence-electron chi connectivity index (χ4n) is 3.18. The van der Waals surface area contributed by atoms with Crippen molar-refractivity contribution in [2.24, 2.45) is 0 Å². The highest BCUT2D eigenvalue weighted by molar-refractivity contribution is 7.87. The molecule has 0 aliphatic heterocycles. The van der Waals surface area contributed by atoms with Crippen LogP contribution in [0.1, 0.15) is 110 Å². The van der Waals surface area contributed by atoms with Gasteiger partial charge in [-0.2, -0.15) is 8.42 Å². The number of aliphatic hydroxyl groups excluding tert-OH is 1. The first-order valence-corrected chi connectivity index (χ1v) is 14.4. The van der Waals surface area contributed by atoms with Crippen LogP contribution in [0.3, 0.4) is 0 Å². The van der Waals surface area contributed by atoms with Crippen molar-refractivity contribution in [1.82, 2.24) is 5.32 Å². The van der Waals surface area contributed by atoms with Gasteiger partial charge in [-0.05, 0) is 39.0 Å². The minimum Gasteiger partial charge on any atom is -0.481 e. The average molecular weight is 538 g/mol. The number of carbonyl (C=O) groups is 3. The van der Waals surface area contributed by atoms with Crippen LogP contribution in [-0.2, 0) is 24.5 Å². The van der Waals surface area contributed by atoms with E-state index in [0.29, 0.717) is 13.0 Å². The van der Waals surface area contributed by atoms with E-state index in [4.69, 9.17) is 19.9 Å². The van der Waals surface area contributed by atoms with E-state index in [1.54, 1.807) is 6.92 Å². The molecule has 0 rings (SSSR count). The van der Waals surface area contributed by atoms with Gasteiger partial charge in [0.25, 0.3) is 10.1 Å². The maximum Gasteiger partial charge on any atom is 0.325 e. The number of carboxylic acids is 2. The minimum absolute atomic E-state index is 0.0635. The Morgan fingerprint density at radius 1 is 0.833 bits per heavy atom. The summed E-state index contributed by atoms with van der Waals surface area (Å²) in [5.41, 5.74) is 0. The number of nitrogens with one attached hydrogen (secondary N) is 1. The van der Waals surface area contributed by atoms with E-state index in [9.17, 15) is 22.8 Å². The van der Waals surface area contributed by atoms with Crippen molar-refractivity contribution < 1.29 is 42.7 Å². The number of hydrogen-bond donors (Lipinski definition) is 5. The first kappa shape index (κ1) is 36.2. The lowest BCUT2D eigenvalue weighted by Crippen LogP contribution is -2.31. The molecule has 0 aromatic carbocycles. The lowest BCUT2D eigenvalue weighted by molar-refractivity contribution is -0.143. The number of aliphatic hydroxyl groups is 1. The molecule has 212 valence electrons. The third-order valence-electron chi connectivity index (χ3n) is 5.26. The Kier molecular flexibility index (Phi) is 23.5. The molecule has 2 atom stereocenters. The van der Waals surface area contributed by atoms with E-state index < -0.39 is 39.8 Å². The fourth-order valence-corrected chi connectivity index (χ4v) is 3.79. The number of unbranched alkanes of at least 4 members (excludes halogenated alkanes) is 11. The van der Waals surface area contributed by atoms with Gasteiger partial charge in [0.15, 0.2) is 5.25 Å². The number of aliphatic carboxylic acids is 2. The Hall–Kier alpha value is -1.98. The third-order valence-corrected chi connectivity index (χ3v) is 6.34. The molecule has 1 amide bonds. The lowest BCUT2D eigenvalue weighted by atomic mass is 10.1. The van der Waals surface area contributed by atoms with Crippen LogP contribution in [0.5, 0.6) is 0 Å². The van der Waals surface area contributed by atoms with E-state index in [1.165, 1.54) is 70.6 Å². The van der Waals surface area contributed by atoms with Crippen molar-refractivity contribution in [3.63, 3.8) is 0 Å². The molecule has 0 spiro atoms. The highest BCUT2D eigenvalue weighted by Crippen LogP contribution is 2.10. The van der Waals surface area contributed by atoms with E-state index >= 15 is 0 Å². The number of amides is 1. The standard InChI is InChI=1S/C21H41NO2.C4H6O7S/c1-3-4-5-6-7-8-9-10-11-12-13-14-15-16-17-18-21(24)22-19-20(2)23;5-3(6)1-2(4(7)8)12(9,10)11/h10-11,20,23H,3-9,12-19H2,1-2H3,(H,22,24);2H,1H2,(H,5,6)(H,7,8)(H,9,10,11)/b11-10-;. The topological polar surface area (TPSA) is 178 Å². The predicted octanol–water partition coefficient (Wildman–Crippen LogP) is 4.32. The molecule has 2 unspecified atom stereocenters. The van der Waals surface area contributed by atoms with Gasteiger partial charge in [-0.15, -0.1) is 0 Å². The van der Waals surface area contributed by atoms with Crippen molar-refractivity contribution in [3.8, 4) is 0 Å². The Labute approximate surface area is 216 Å². The number of rotatable bonds is 21. The summed E-state index contributed by atoms with van der Waals surface area (Å²) in [4.78, 5) is 31.5. The maximum atomic E-state index is 11.5. The maximum absolute atomic E-state index is 11.5. The minimum atomic E-state index is -4.84. The molecular weight excluding hydrogens is 490 g/mol. The van der Waals surface area contributed by atoms with Crippen LogP contribution < -0.4 is 5.32 Å².